The van der Waals surface area contributed by atoms with E-state index in [0.29, 0.717) is 5.75 Å². The second kappa shape index (κ2) is 8.52. The first-order valence-electron chi connectivity index (χ1n) is 10.9. The van der Waals surface area contributed by atoms with Crippen molar-refractivity contribution in [2.45, 2.75) is 45.4 Å². The molecule has 3 N–H and O–H groups in total. The zero-order valence-corrected chi connectivity index (χ0v) is 19.3. The van der Waals surface area contributed by atoms with E-state index < -0.39 is 0 Å². The number of hydrazone groups is 1. The molecule has 166 valence electrons. The molecule has 3 aliphatic rings. The van der Waals surface area contributed by atoms with Crippen LogP contribution in [0, 0.1) is 20.8 Å². The van der Waals surface area contributed by atoms with Crippen LogP contribution in [0.4, 0.5) is 5.69 Å². The van der Waals surface area contributed by atoms with Gasteiger partial charge in [0, 0.05) is 18.1 Å². The summed E-state index contributed by atoms with van der Waals surface area (Å²) in [6.45, 7) is 6.13. The van der Waals surface area contributed by atoms with E-state index in [0.717, 1.165) is 28.4 Å². The molecule has 2 aromatic carbocycles. The Hall–Kier alpha value is -2.97. The van der Waals surface area contributed by atoms with Crippen LogP contribution in [-0.2, 0) is 4.79 Å². The summed E-state index contributed by atoms with van der Waals surface area (Å²) in [7, 11) is 0. The molecule has 7 nitrogen and oxygen atoms in total. The van der Waals surface area contributed by atoms with E-state index in [1.165, 1.54) is 22.9 Å². The molecule has 1 saturated heterocycles. The molecular weight excluding hydrogens is 420 g/mol. The molecule has 0 bridgehead atoms. The number of carbonyl (C=O) groups is 1. The quantitative estimate of drug-likeness (QED) is 0.664. The molecule has 32 heavy (non-hydrogen) atoms. The Labute approximate surface area is 192 Å². The number of carbonyl (C=O) groups excluding carboxylic acids is 1. The van der Waals surface area contributed by atoms with E-state index in [1.54, 1.807) is 0 Å². The fourth-order valence-corrected chi connectivity index (χ4v) is 5.26. The SMILES string of the molecule is Cc1ccc(C2CC3C4NN=C(SCC(=O)Nc5c(C)cccc5C)N4C=CN3N2)cc1. The maximum Gasteiger partial charge on any atom is 0.234 e. The Bertz CT molecular complexity index is 1060. The van der Waals surface area contributed by atoms with E-state index in [9.17, 15) is 4.79 Å². The van der Waals surface area contributed by atoms with Crippen LogP contribution >= 0.6 is 11.8 Å². The first-order valence-corrected chi connectivity index (χ1v) is 11.9. The van der Waals surface area contributed by atoms with E-state index in [-0.39, 0.29) is 24.2 Å². The highest BCUT2D eigenvalue weighted by atomic mass is 32.2. The maximum absolute atomic E-state index is 12.6. The lowest BCUT2D eigenvalue weighted by molar-refractivity contribution is -0.113. The van der Waals surface area contributed by atoms with Crippen LogP contribution in [0.2, 0.25) is 0 Å². The lowest BCUT2D eigenvalue weighted by Crippen LogP contribution is -2.54. The van der Waals surface area contributed by atoms with Crippen molar-refractivity contribution >= 4 is 28.5 Å². The van der Waals surface area contributed by atoms with Crippen molar-refractivity contribution in [2.75, 3.05) is 11.1 Å². The highest BCUT2D eigenvalue weighted by Crippen LogP contribution is 2.35. The van der Waals surface area contributed by atoms with Gasteiger partial charge in [0.2, 0.25) is 5.91 Å². The zero-order valence-electron chi connectivity index (χ0n) is 18.5. The summed E-state index contributed by atoms with van der Waals surface area (Å²) in [5.41, 5.74) is 12.5. The summed E-state index contributed by atoms with van der Waals surface area (Å²) in [5.74, 6) is 0.285. The molecule has 0 saturated carbocycles. The number of amidine groups is 1. The van der Waals surface area contributed by atoms with Crippen LogP contribution in [0.15, 0.2) is 60.0 Å². The summed E-state index contributed by atoms with van der Waals surface area (Å²) >= 11 is 1.45. The number of aryl methyl sites for hydroxylation is 3. The predicted molar refractivity (Wildman–Crippen MR) is 130 cm³/mol. The number of benzene rings is 2. The lowest BCUT2D eigenvalue weighted by atomic mass is 9.99. The van der Waals surface area contributed by atoms with Crippen molar-refractivity contribution in [1.82, 2.24) is 20.8 Å². The summed E-state index contributed by atoms with van der Waals surface area (Å²) in [6, 6.07) is 15.2. The molecule has 1 amide bonds. The first kappa shape index (κ1) is 20.9. The van der Waals surface area contributed by atoms with Crippen LogP contribution in [0.3, 0.4) is 0 Å². The number of thioether (sulfide) groups is 1. The molecule has 0 spiro atoms. The van der Waals surface area contributed by atoms with E-state index in [2.05, 4.69) is 68.6 Å². The number of amides is 1. The number of nitrogens with one attached hydrogen (secondary N) is 3. The smallest absolute Gasteiger partial charge is 0.234 e. The highest BCUT2D eigenvalue weighted by molar-refractivity contribution is 8.14. The second-order valence-electron chi connectivity index (χ2n) is 8.58. The Morgan fingerprint density at radius 1 is 1.12 bits per heavy atom. The molecule has 0 aromatic heterocycles. The van der Waals surface area contributed by atoms with Gasteiger partial charge in [-0.3, -0.25) is 10.2 Å². The van der Waals surface area contributed by atoms with Crippen molar-refractivity contribution in [3.05, 3.63) is 77.1 Å². The Balaban J connectivity index is 1.19. The first-order chi connectivity index (χ1) is 15.5. The molecule has 2 aromatic rings. The van der Waals surface area contributed by atoms with Crippen LogP contribution in [0.1, 0.15) is 34.7 Å². The summed E-state index contributed by atoms with van der Waals surface area (Å²) < 4.78 is 0. The molecule has 8 heteroatoms. The molecule has 0 aliphatic carbocycles. The van der Waals surface area contributed by atoms with Gasteiger partial charge in [0.05, 0.1) is 17.8 Å². The third kappa shape index (κ3) is 3.96. The van der Waals surface area contributed by atoms with Crippen molar-refractivity contribution in [3.8, 4) is 0 Å². The summed E-state index contributed by atoms with van der Waals surface area (Å²) in [5, 5.41) is 10.6. The van der Waals surface area contributed by atoms with Crippen molar-refractivity contribution < 1.29 is 4.79 Å². The number of fused-ring (bicyclic) bond motifs is 3. The van der Waals surface area contributed by atoms with Gasteiger partial charge in [0.15, 0.2) is 5.17 Å². The monoisotopic (exact) mass is 448 g/mol. The van der Waals surface area contributed by atoms with E-state index in [4.69, 9.17) is 0 Å². The van der Waals surface area contributed by atoms with Gasteiger partial charge in [-0.05, 0) is 43.9 Å². The van der Waals surface area contributed by atoms with Crippen LogP contribution < -0.4 is 16.2 Å². The number of hydrogen-bond acceptors (Lipinski definition) is 7. The Kier molecular flexibility index (Phi) is 5.57. The molecule has 3 unspecified atom stereocenters. The third-order valence-electron chi connectivity index (χ3n) is 6.26. The summed E-state index contributed by atoms with van der Waals surface area (Å²) in [4.78, 5) is 14.7. The Morgan fingerprint density at radius 2 is 1.88 bits per heavy atom. The van der Waals surface area contributed by atoms with Gasteiger partial charge in [-0.25, -0.2) is 5.43 Å². The molecule has 1 fully saturated rings. The molecule has 3 heterocycles. The van der Waals surface area contributed by atoms with Gasteiger partial charge in [0.25, 0.3) is 0 Å². The molecular formula is C24H28N6OS. The molecule has 0 radical (unpaired) electrons. The minimum absolute atomic E-state index is 0.0249. The zero-order chi connectivity index (χ0) is 22.2. The van der Waals surface area contributed by atoms with Gasteiger partial charge >= 0.3 is 0 Å². The second-order valence-corrected chi connectivity index (χ2v) is 9.52. The van der Waals surface area contributed by atoms with Gasteiger partial charge in [-0.1, -0.05) is 59.8 Å². The van der Waals surface area contributed by atoms with Gasteiger partial charge in [-0.2, -0.15) is 5.10 Å². The maximum atomic E-state index is 12.6. The number of anilines is 1. The Morgan fingerprint density at radius 3 is 2.62 bits per heavy atom. The van der Waals surface area contributed by atoms with Gasteiger partial charge in [-0.15, -0.1) is 0 Å². The van der Waals surface area contributed by atoms with Crippen LogP contribution in [0.25, 0.3) is 0 Å². The minimum Gasteiger partial charge on any atom is -0.325 e. The average Bonchev–Trinajstić information content (AvgIpc) is 3.39. The average molecular weight is 449 g/mol. The fraction of sp³-hybridized carbons (Fsp3) is 0.333. The molecule has 3 atom stereocenters. The number of nitrogens with zero attached hydrogens (tertiary/aromatic N) is 3. The number of hydrazine groups is 1. The van der Waals surface area contributed by atoms with Gasteiger partial charge < -0.3 is 15.2 Å². The van der Waals surface area contributed by atoms with E-state index in [1.807, 2.05) is 38.2 Å². The van der Waals surface area contributed by atoms with Crippen LogP contribution in [-0.4, -0.2) is 38.9 Å². The molecule has 5 rings (SSSR count). The lowest BCUT2D eigenvalue weighted by Gasteiger charge is -2.36. The van der Waals surface area contributed by atoms with Crippen molar-refractivity contribution in [2.24, 2.45) is 5.10 Å². The standard InChI is InChI=1S/C24H28N6OS/c1-15-7-9-18(10-8-15)19-13-20-23-26-27-24(29(23)11-12-30(20)28-19)32-14-21(31)25-22-16(2)5-4-6-17(22)3/h4-12,19-20,23,26,28H,13-14H2,1-3H3,(H,25,31). The van der Waals surface area contributed by atoms with Crippen molar-refractivity contribution in [1.29, 1.82) is 0 Å². The summed E-state index contributed by atoms with van der Waals surface area (Å²) in [6.07, 6.45) is 5.12. The minimum atomic E-state index is -0.0249. The third-order valence-corrected chi connectivity index (χ3v) is 7.23. The normalized spacial score (nSPS) is 23.5. The number of para-hydroxylation sites is 1. The van der Waals surface area contributed by atoms with Gasteiger partial charge in [0.1, 0.15) is 6.17 Å². The highest BCUT2D eigenvalue weighted by Gasteiger charge is 2.44. The molecule has 3 aliphatic heterocycles. The largest absolute Gasteiger partial charge is 0.325 e. The fourth-order valence-electron chi connectivity index (χ4n) is 4.48. The number of hydrogen-bond donors (Lipinski definition) is 3. The predicted octanol–water partition coefficient (Wildman–Crippen LogP) is 3.59. The van der Waals surface area contributed by atoms with E-state index >= 15 is 0 Å². The van der Waals surface area contributed by atoms with Crippen LogP contribution in [0.5, 0.6) is 0 Å². The van der Waals surface area contributed by atoms with Crippen molar-refractivity contribution in [3.63, 3.8) is 0 Å². The topological polar surface area (TPSA) is 72.0 Å². The number of rotatable bonds is 4.